The smallest absolute Gasteiger partial charge is 0.407 e. The van der Waals surface area contributed by atoms with Gasteiger partial charge in [-0.1, -0.05) is 6.92 Å². The molecule has 11 nitrogen and oxygen atoms in total. The molecule has 4 heterocycles. The summed E-state index contributed by atoms with van der Waals surface area (Å²) < 4.78 is 27.1. The van der Waals surface area contributed by atoms with E-state index in [4.69, 9.17) is 9.47 Å². The lowest BCUT2D eigenvalue weighted by Gasteiger charge is -2.28. The normalized spacial score (nSPS) is 18.6. The molecule has 1 unspecified atom stereocenters. The quantitative estimate of drug-likeness (QED) is 0.483. The van der Waals surface area contributed by atoms with Crippen molar-refractivity contribution in [3.05, 3.63) is 47.7 Å². The topological polar surface area (TPSA) is 131 Å². The molecule has 1 amide bonds. The summed E-state index contributed by atoms with van der Waals surface area (Å²) in [7, 11) is 0. The Kier molecular flexibility index (Phi) is 7.19. The Balaban J connectivity index is 1.58. The molecule has 0 aliphatic carbocycles. The molecule has 1 aliphatic heterocycles. The number of nitrogens with one attached hydrogen (secondary N) is 1. The van der Waals surface area contributed by atoms with E-state index in [9.17, 15) is 19.1 Å². The molecule has 1 aliphatic rings. The van der Waals surface area contributed by atoms with Crippen molar-refractivity contribution in [1.29, 1.82) is 0 Å². The summed E-state index contributed by atoms with van der Waals surface area (Å²) in [6.45, 7) is 9.95. The van der Waals surface area contributed by atoms with E-state index in [2.05, 4.69) is 27.3 Å². The van der Waals surface area contributed by atoms with E-state index in [0.717, 1.165) is 6.20 Å². The zero-order valence-electron chi connectivity index (χ0n) is 21.4. The van der Waals surface area contributed by atoms with Crippen LogP contribution in [0.5, 0.6) is 5.88 Å². The van der Waals surface area contributed by atoms with Crippen molar-refractivity contribution in [2.24, 2.45) is 5.92 Å². The van der Waals surface area contributed by atoms with Crippen LogP contribution in [-0.4, -0.2) is 61.5 Å². The van der Waals surface area contributed by atoms with E-state index in [-0.39, 0.29) is 35.6 Å². The molecule has 3 atom stereocenters. The summed E-state index contributed by atoms with van der Waals surface area (Å²) in [5, 5.41) is 16.2. The molecule has 12 heteroatoms. The number of carbonyl (C=O) groups excluding carboxylic acids is 1. The number of aromatic nitrogens is 4. The summed E-state index contributed by atoms with van der Waals surface area (Å²) in [5.41, 5.74) is 0.135. The lowest BCUT2D eigenvalue weighted by molar-refractivity contribution is 0.0503. The molecule has 2 N–H and O–H groups in total. The number of hydrogen-bond donors (Lipinski definition) is 2. The van der Waals surface area contributed by atoms with E-state index in [0.29, 0.717) is 24.3 Å². The highest BCUT2D eigenvalue weighted by Crippen LogP contribution is 2.41. The first-order valence-electron chi connectivity index (χ1n) is 12.0. The van der Waals surface area contributed by atoms with Crippen molar-refractivity contribution < 1.29 is 28.6 Å². The number of alkyl carbamates (subject to hydrolysis) is 1. The minimum absolute atomic E-state index is 0.00611. The van der Waals surface area contributed by atoms with Crippen molar-refractivity contribution in [2.75, 3.05) is 18.0 Å². The van der Waals surface area contributed by atoms with Crippen LogP contribution in [0.1, 0.15) is 63.0 Å². The Hall–Kier alpha value is -3.96. The molecule has 0 saturated carbocycles. The van der Waals surface area contributed by atoms with Gasteiger partial charge in [0.25, 0.3) is 0 Å². The lowest BCUT2D eigenvalue weighted by atomic mass is 10.0. The second-order valence-electron chi connectivity index (χ2n) is 10.3. The van der Waals surface area contributed by atoms with Gasteiger partial charge < -0.3 is 24.8 Å². The van der Waals surface area contributed by atoms with Crippen LogP contribution in [0.3, 0.4) is 0 Å². The molecule has 3 aromatic rings. The number of fused-ring (bicyclic) bond motifs is 1. The van der Waals surface area contributed by atoms with E-state index in [1.165, 1.54) is 16.8 Å². The van der Waals surface area contributed by atoms with Crippen LogP contribution >= 0.6 is 0 Å². The van der Waals surface area contributed by atoms with Crippen LogP contribution in [0.4, 0.5) is 15.0 Å². The molecule has 0 radical (unpaired) electrons. The van der Waals surface area contributed by atoms with Gasteiger partial charge in [-0.15, -0.1) is 0 Å². The number of anilines is 1. The van der Waals surface area contributed by atoms with Gasteiger partial charge in [0, 0.05) is 18.3 Å². The van der Waals surface area contributed by atoms with E-state index in [1.807, 2.05) is 4.90 Å². The Morgan fingerprint density at radius 2 is 2.08 bits per heavy atom. The highest BCUT2D eigenvalue weighted by molar-refractivity contribution is 5.94. The molecule has 198 valence electrons. The third-order valence-electron chi connectivity index (χ3n) is 5.84. The van der Waals surface area contributed by atoms with Crippen LogP contribution in [0.25, 0.3) is 5.65 Å². The molecule has 1 fully saturated rings. The highest BCUT2D eigenvalue weighted by atomic mass is 19.1. The minimum Gasteiger partial charge on any atom is -0.477 e. The van der Waals surface area contributed by atoms with Gasteiger partial charge in [0.2, 0.25) is 5.88 Å². The third-order valence-corrected chi connectivity index (χ3v) is 5.84. The summed E-state index contributed by atoms with van der Waals surface area (Å²) in [4.78, 5) is 34.4. The molecule has 4 rings (SSSR count). The summed E-state index contributed by atoms with van der Waals surface area (Å²) >= 11 is 0. The molecule has 3 aromatic heterocycles. The van der Waals surface area contributed by atoms with Gasteiger partial charge in [-0.3, -0.25) is 0 Å². The standard InChI is InChI=1S/C25H31FN6O5/c1-14-8-19(31(13-14)20-6-7-32-21(30-20)18(12-29-32)23(33)34)17-9-16(26)11-27-22(17)36-15(2)10-28-24(35)37-25(3,4)5/h6-7,9,11-12,14-15,19H,8,10,13H2,1-5H3,(H,28,35)(H,33,34)/t14-,15+,19?/m1/s1. The maximum Gasteiger partial charge on any atom is 0.407 e. The Bertz CT molecular complexity index is 1310. The van der Waals surface area contributed by atoms with Gasteiger partial charge in [-0.25, -0.2) is 28.5 Å². The van der Waals surface area contributed by atoms with Gasteiger partial charge in [0.1, 0.15) is 28.9 Å². The van der Waals surface area contributed by atoms with Crippen molar-refractivity contribution in [2.45, 2.75) is 58.8 Å². The summed E-state index contributed by atoms with van der Waals surface area (Å²) in [5.74, 6) is -0.589. The second kappa shape index (κ2) is 10.2. The van der Waals surface area contributed by atoms with Crippen LogP contribution in [0.15, 0.2) is 30.7 Å². The zero-order valence-corrected chi connectivity index (χ0v) is 21.4. The van der Waals surface area contributed by atoms with Gasteiger partial charge in [-0.05, 0) is 52.2 Å². The highest BCUT2D eigenvalue weighted by Gasteiger charge is 2.35. The molecule has 37 heavy (non-hydrogen) atoms. The van der Waals surface area contributed by atoms with Crippen LogP contribution in [-0.2, 0) is 4.74 Å². The van der Waals surface area contributed by atoms with E-state index in [1.54, 1.807) is 40.0 Å². The molecular weight excluding hydrogens is 483 g/mol. The number of amides is 1. The average Bonchev–Trinajstić information content (AvgIpc) is 3.41. The number of carboxylic acids is 1. The van der Waals surface area contributed by atoms with Gasteiger partial charge in [0.15, 0.2) is 5.65 Å². The fourth-order valence-corrected chi connectivity index (χ4v) is 4.32. The molecule has 1 saturated heterocycles. The van der Waals surface area contributed by atoms with Gasteiger partial charge >= 0.3 is 12.1 Å². The van der Waals surface area contributed by atoms with Gasteiger partial charge in [-0.2, -0.15) is 5.10 Å². The van der Waals surface area contributed by atoms with Crippen LogP contribution < -0.4 is 15.0 Å². The second-order valence-corrected chi connectivity index (χ2v) is 10.3. The van der Waals surface area contributed by atoms with Gasteiger partial charge in [0.05, 0.1) is 25.0 Å². The van der Waals surface area contributed by atoms with Crippen molar-refractivity contribution in [3.8, 4) is 5.88 Å². The molecule has 0 aromatic carbocycles. The zero-order chi connectivity index (χ0) is 26.9. The predicted octanol–water partition coefficient (Wildman–Crippen LogP) is 3.84. The first kappa shape index (κ1) is 26.1. The fraction of sp³-hybridized carbons (Fsp3) is 0.480. The van der Waals surface area contributed by atoms with E-state index >= 15 is 0 Å². The van der Waals surface area contributed by atoms with Crippen molar-refractivity contribution in [1.82, 2.24) is 24.9 Å². The number of ether oxygens (including phenoxy) is 2. The molecular formula is C25H31FN6O5. The maximum absolute atomic E-state index is 14.4. The minimum atomic E-state index is -1.12. The van der Waals surface area contributed by atoms with Crippen molar-refractivity contribution in [3.63, 3.8) is 0 Å². The predicted molar refractivity (Wildman–Crippen MR) is 132 cm³/mol. The number of carbonyl (C=O) groups is 2. The SMILES string of the molecule is C[C@@H]1CC(c2cc(F)cnc2O[C@@H](C)CNC(=O)OC(C)(C)C)N(c2ccn3ncc(C(=O)O)c3n2)C1. The number of carboxylic acid groups (broad SMARTS) is 1. The number of aromatic carboxylic acids is 1. The maximum atomic E-state index is 14.4. The first-order valence-corrected chi connectivity index (χ1v) is 12.0. The Labute approximate surface area is 213 Å². The lowest BCUT2D eigenvalue weighted by Crippen LogP contribution is -2.38. The summed E-state index contributed by atoms with van der Waals surface area (Å²) in [6.07, 6.45) is 3.64. The number of rotatable bonds is 7. The number of halogens is 1. The summed E-state index contributed by atoms with van der Waals surface area (Å²) in [6, 6.07) is 2.83. The van der Waals surface area contributed by atoms with E-state index < -0.39 is 29.6 Å². The molecule has 0 spiro atoms. The monoisotopic (exact) mass is 514 g/mol. The Morgan fingerprint density at radius 1 is 1.32 bits per heavy atom. The largest absolute Gasteiger partial charge is 0.477 e. The Morgan fingerprint density at radius 3 is 2.78 bits per heavy atom. The fourth-order valence-electron chi connectivity index (χ4n) is 4.32. The average molecular weight is 515 g/mol. The third kappa shape index (κ3) is 6.07. The first-order chi connectivity index (χ1) is 17.4. The van der Waals surface area contributed by atoms with Crippen LogP contribution in [0.2, 0.25) is 0 Å². The number of hydrogen-bond acceptors (Lipinski definition) is 8. The van der Waals surface area contributed by atoms with Crippen LogP contribution in [0, 0.1) is 11.7 Å². The number of pyridine rings is 1. The molecule has 0 bridgehead atoms. The number of nitrogens with zero attached hydrogens (tertiary/aromatic N) is 5. The van der Waals surface area contributed by atoms with Crippen molar-refractivity contribution >= 4 is 23.5 Å².